The molecule has 0 unspecified atom stereocenters. The minimum absolute atomic E-state index is 0.0695. The Bertz CT molecular complexity index is 502. The first-order valence-electron chi connectivity index (χ1n) is 7.01. The van der Waals surface area contributed by atoms with E-state index in [4.69, 9.17) is 9.84 Å². The lowest BCUT2D eigenvalue weighted by Gasteiger charge is -2.10. The van der Waals surface area contributed by atoms with E-state index in [2.05, 4.69) is 0 Å². The van der Waals surface area contributed by atoms with Gasteiger partial charge in [-0.05, 0) is 44.7 Å². The summed E-state index contributed by atoms with van der Waals surface area (Å²) in [5.41, 5.74) is 3.32. The van der Waals surface area contributed by atoms with Crippen LogP contribution < -0.4 is 0 Å². The third-order valence-corrected chi connectivity index (χ3v) is 3.42. The second-order valence-corrected chi connectivity index (χ2v) is 4.80. The third kappa shape index (κ3) is 3.40. The highest BCUT2D eigenvalue weighted by molar-refractivity contribution is 5.90. The number of carbonyl (C=O) groups is 2. The van der Waals surface area contributed by atoms with Crippen molar-refractivity contribution in [2.24, 2.45) is 0 Å². The van der Waals surface area contributed by atoms with Gasteiger partial charge in [0.25, 0.3) is 0 Å². The number of esters is 1. The van der Waals surface area contributed by atoms with Crippen molar-refractivity contribution >= 4 is 11.9 Å². The Morgan fingerprint density at radius 3 is 2.40 bits per heavy atom. The molecule has 0 amide bonds. The molecule has 0 saturated carbocycles. The van der Waals surface area contributed by atoms with Crippen LogP contribution in [0.3, 0.4) is 0 Å². The molecule has 0 fully saturated rings. The predicted octanol–water partition coefficient (Wildman–Crippen LogP) is 2.71. The zero-order chi connectivity index (χ0) is 15.3. The maximum Gasteiger partial charge on any atom is 0.355 e. The lowest BCUT2D eigenvalue weighted by molar-refractivity contribution is -0.136. The van der Waals surface area contributed by atoms with Gasteiger partial charge in [-0.1, -0.05) is 6.92 Å². The van der Waals surface area contributed by atoms with Crippen molar-refractivity contribution in [2.75, 3.05) is 6.61 Å². The molecule has 0 aliphatic rings. The van der Waals surface area contributed by atoms with E-state index in [0.29, 0.717) is 18.7 Å². The minimum atomic E-state index is -0.829. The van der Waals surface area contributed by atoms with Crippen LogP contribution in [0.5, 0.6) is 0 Å². The number of carbonyl (C=O) groups excluding carboxylic acids is 1. The van der Waals surface area contributed by atoms with Crippen molar-refractivity contribution in [1.29, 1.82) is 0 Å². The van der Waals surface area contributed by atoms with Gasteiger partial charge in [-0.3, -0.25) is 4.79 Å². The molecule has 0 radical (unpaired) electrons. The molecular formula is C15H23NO4. The van der Waals surface area contributed by atoms with E-state index in [1.807, 2.05) is 25.3 Å². The fraction of sp³-hybridized carbons (Fsp3) is 0.600. The molecule has 1 N–H and O–H groups in total. The molecule has 20 heavy (non-hydrogen) atoms. The molecule has 1 aromatic rings. The van der Waals surface area contributed by atoms with Gasteiger partial charge in [0.15, 0.2) is 0 Å². The van der Waals surface area contributed by atoms with Crippen LogP contribution >= 0.6 is 0 Å². The number of aromatic nitrogens is 1. The number of hydrogen-bond acceptors (Lipinski definition) is 3. The maximum atomic E-state index is 12.1. The van der Waals surface area contributed by atoms with E-state index >= 15 is 0 Å². The highest BCUT2D eigenvalue weighted by Gasteiger charge is 2.23. The number of rotatable bonds is 7. The molecule has 112 valence electrons. The topological polar surface area (TPSA) is 68.5 Å². The fourth-order valence-electron chi connectivity index (χ4n) is 2.51. The summed E-state index contributed by atoms with van der Waals surface area (Å²) in [6.07, 6.45) is 1.41. The molecule has 0 aliphatic carbocycles. The average molecular weight is 281 g/mol. The first kappa shape index (κ1) is 16.3. The van der Waals surface area contributed by atoms with Gasteiger partial charge in [0, 0.05) is 18.7 Å². The Labute approximate surface area is 119 Å². The van der Waals surface area contributed by atoms with E-state index < -0.39 is 5.97 Å². The number of hydrogen-bond donors (Lipinski definition) is 1. The normalized spacial score (nSPS) is 10.6. The van der Waals surface area contributed by atoms with E-state index in [9.17, 15) is 9.59 Å². The summed E-state index contributed by atoms with van der Waals surface area (Å²) >= 11 is 0. The summed E-state index contributed by atoms with van der Waals surface area (Å²) in [6, 6.07) is 0. The largest absolute Gasteiger partial charge is 0.481 e. The number of nitrogens with zero attached hydrogens (tertiary/aromatic N) is 1. The summed E-state index contributed by atoms with van der Waals surface area (Å²) in [5, 5.41) is 8.83. The van der Waals surface area contributed by atoms with Gasteiger partial charge >= 0.3 is 11.9 Å². The number of carboxylic acids is 1. The zero-order valence-electron chi connectivity index (χ0n) is 12.7. The molecule has 0 atom stereocenters. The molecule has 5 heteroatoms. The molecule has 1 rings (SSSR count). The third-order valence-electron chi connectivity index (χ3n) is 3.42. The summed E-state index contributed by atoms with van der Waals surface area (Å²) in [7, 11) is 0. The molecule has 0 saturated heterocycles. The summed E-state index contributed by atoms with van der Waals surface area (Å²) in [4.78, 5) is 22.9. The average Bonchev–Trinajstić information content (AvgIpc) is 2.60. The SMILES string of the molecule is CCCn1c(C)c(CCC(=O)O)c(C)c1C(=O)OCC. The van der Waals surface area contributed by atoms with Crippen LogP contribution in [0.25, 0.3) is 0 Å². The molecule has 1 heterocycles. The van der Waals surface area contributed by atoms with Gasteiger partial charge in [-0.2, -0.15) is 0 Å². The Balaban J connectivity index is 3.23. The molecule has 0 bridgehead atoms. The maximum absolute atomic E-state index is 12.1. The summed E-state index contributed by atoms with van der Waals surface area (Å²) in [6.45, 7) is 8.68. The Morgan fingerprint density at radius 2 is 1.90 bits per heavy atom. The first-order valence-corrected chi connectivity index (χ1v) is 7.01. The van der Waals surface area contributed by atoms with Crippen LogP contribution in [0.1, 0.15) is 54.0 Å². The fourth-order valence-corrected chi connectivity index (χ4v) is 2.51. The van der Waals surface area contributed by atoms with E-state index in [1.165, 1.54) is 0 Å². The van der Waals surface area contributed by atoms with Gasteiger partial charge in [-0.15, -0.1) is 0 Å². The van der Waals surface area contributed by atoms with Crippen LogP contribution in [0.2, 0.25) is 0 Å². The predicted molar refractivity (Wildman–Crippen MR) is 76.1 cm³/mol. The number of ether oxygens (including phenoxy) is 1. The molecular weight excluding hydrogens is 258 g/mol. The second-order valence-electron chi connectivity index (χ2n) is 4.80. The van der Waals surface area contributed by atoms with Crippen molar-refractivity contribution in [3.05, 3.63) is 22.5 Å². The van der Waals surface area contributed by atoms with Crippen LogP contribution in [0.4, 0.5) is 0 Å². The van der Waals surface area contributed by atoms with Crippen LogP contribution in [-0.4, -0.2) is 28.2 Å². The Morgan fingerprint density at radius 1 is 1.25 bits per heavy atom. The smallest absolute Gasteiger partial charge is 0.355 e. The Kier molecular flexibility index (Phi) is 5.80. The van der Waals surface area contributed by atoms with Gasteiger partial charge in [-0.25, -0.2) is 4.79 Å². The molecule has 0 spiro atoms. The van der Waals surface area contributed by atoms with E-state index in [0.717, 1.165) is 29.8 Å². The second kappa shape index (κ2) is 7.12. The standard InChI is InChI=1S/C15H23NO4/c1-5-9-16-11(4)12(7-8-13(17)18)10(3)14(16)15(19)20-6-2/h5-9H2,1-4H3,(H,17,18). The van der Waals surface area contributed by atoms with E-state index in [1.54, 1.807) is 6.92 Å². The summed E-state index contributed by atoms with van der Waals surface area (Å²) < 4.78 is 7.06. The summed E-state index contributed by atoms with van der Waals surface area (Å²) in [5.74, 6) is -1.16. The molecule has 0 aromatic carbocycles. The van der Waals surface area contributed by atoms with Gasteiger partial charge in [0.2, 0.25) is 0 Å². The molecule has 5 nitrogen and oxygen atoms in total. The Hall–Kier alpha value is -1.78. The highest BCUT2D eigenvalue weighted by atomic mass is 16.5. The monoisotopic (exact) mass is 281 g/mol. The molecule has 1 aromatic heterocycles. The van der Waals surface area contributed by atoms with Crippen molar-refractivity contribution in [2.45, 2.75) is 53.5 Å². The van der Waals surface area contributed by atoms with Crippen LogP contribution in [-0.2, 0) is 22.5 Å². The van der Waals surface area contributed by atoms with Gasteiger partial charge < -0.3 is 14.4 Å². The minimum Gasteiger partial charge on any atom is -0.481 e. The number of carboxylic acid groups (broad SMARTS) is 1. The first-order chi connectivity index (χ1) is 9.43. The van der Waals surface area contributed by atoms with Gasteiger partial charge in [0.1, 0.15) is 5.69 Å². The lowest BCUT2D eigenvalue weighted by Crippen LogP contribution is -2.14. The van der Waals surface area contributed by atoms with Crippen molar-refractivity contribution < 1.29 is 19.4 Å². The number of aliphatic carboxylic acids is 1. The van der Waals surface area contributed by atoms with Gasteiger partial charge in [0.05, 0.1) is 6.61 Å². The molecule has 0 aliphatic heterocycles. The van der Waals surface area contributed by atoms with Crippen LogP contribution in [0.15, 0.2) is 0 Å². The van der Waals surface area contributed by atoms with E-state index in [-0.39, 0.29) is 12.4 Å². The zero-order valence-corrected chi connectivity index (χ0v) is 12.7. The van der Waals surface area contributed by atoms with Crippen LogP contribution in [0, 0.1) is 13.8 Å². The van der Waals surface area contributed by atoms with Crippen molar-refractivity contribution in [3.63, 3.8) is 0 Å². The quantitative estimate of drug-likeness (QED) is 0.780. The van der Waals surface area contributed by atoms with Crippen molar-refractivity contribution in [3.8, 4) is 0 Å². The lowest BCUT2D eigenvalue weighted by atomic mass is 10.1. The van der Waals surface area contributed by atoms with Crippen molar-refractivity contribution in [1.82, 2.24) is 4.57 Å². The highest BCUT2D eigenvalue weighted by Crippen LogP contribution is 2.25.